The monoisotopic (exact) mass is 233 g/mol. The second-order valence-corrected chi connectivity index (χ2v) is 6.05. The Morgan fingerprint density at radius 2 is 2.12 bits per heavy atom. The molecule has 0 heterocycles. The molecule has 2 heteroatoms. The minimum Gasteiger partial charge on any atom is -0.389 e. The van der Waals surface area contributed by atoms with Gasteiger partial charge in [0.05, 0.1) is 5.60 Å². The zero-order chi connectivity index (χ0) is 12.6. The zero-order valence-electron chi connectivity index (χ0n) is 11.2. The molecule has 2 nitrogen and oxygen atoms in total. The molecular weight excluding hydrogens is 210 g/mol. The van der Waals surface area contributed by atoms with Gasteiger partial charge in [-0.25, -0.2) is 0 Å². The molecule has 1 aromatic carbocycles. The Kier molecular flexibility index (Phi) is 3.28. The molecule has 17 heavy (non-hydrogen) atoms. The molecule has 0 radical (unpaired) electrons. The minimum absolute atomic E-state index is 0.385. The van der Waals surface area contributed by atoms with Crippen LogP contribution in [0.1, 0.15) is 43.5 Å². The highest BCUT2D eigenvalue weighted by atomic mass is 16.3. The molecule has 0 spiro atoms. The summed E-state index contributed by atoms with van der Waals surface area (Å²) < 4.78 is 0. The highest BCUT2D eigenvalue weighted by Crippen LogP contribution is 2.36. The molecule has 1 aliphatic rings. The second kappa shape index (κ2) is 4.43. The minimum atomic E-state index is -0.647. The fourth-order valence-electron chi connectivity index (χ4n) is 2.63. The molecule has 0 saturated heterocycles. The maximum Gasteiger partial charge on any atom is 0.0715 e. The molecule has 2 atom stereocenters. The lowest BCUT2D eigenvalue weighted by molar-refractivity contribution is 0.0745. The van der Waals surface area contributed by atoms with E-state index in [0.29, 0.717) is 18.5 Å². The predicted octanol–water partition coefficient (Wildman–Crippen LogP) is 2.59. The summed E-state index contributed by atoms with van der Waals surface area (Å²) in [7, 11) is 0. The van der Waals surface area contributed by atoms with E-state index in [-0.39, 0.29) is 0 Å². The molecule has 0 fully saturated rings. The number of hydrogen-bond acceptors (Lipinski definition) is 2. The number of rotatable bonds is 3. The van der Waals surface area contributed by atoms with E-state index in [1.165, 1.54) is 16.7 Å². The van der Waals surface area contributed by atoms with Gasteiger partial charge in [-0.15, -0.1) is 0 Å². The van der Waals surface area contributed by atoms with E-state index >= 15 is 0 Å². The molecule has 94 valence electrons. The van der Waals surface area contributed by atoms with Gasteiger partial charge in [0.15, 0.2) is 0 Å². The maximum atomic E-state index is 9.80. The first-order valence-electron chi connectivity index (χ1n) is 6.42. The summed E-state index contributed by atoms with van der Waals surface area (Å²) in [6.07, 6.45) is 1.14. The molecular formula is C15H23NO. The van der Waals surface area contributed by atoms with Gasteiger partial charge in [0, 0.05) is 12.6 Å². The van der Waals surface area contributed by atoms with E-state index in [9.17, 15) is 5.11 Å². The molecule has 2 N–H and O–H groups in total. The van der Waals surface area contributed by atoms with Gasteiger partial charge in [0.1, 0.15) is 0 Å². The number of aliphatic hydroxyl groups is 1. The first kappa shape index (κ1) is 12.6. The number of aryl methyl sites for hydroxylation is 1. The molecule has 0 amide bonds. The number of hydrogen-bond donors (Lipinski definition) is 2. The van der Waals surface area contributed by atoms with Gasteiger partial charge in [-0.3, -0.25) is 0 Å². The molecule has 0 aromatic heterocycles. The Hall–Kier alpha value is -0.860. The van der Waals surface area contributed by atoms with Crippen LogP contribution in [0.15, 0.2) is 18.2 Å². The molecule has 0 aliphatic heterocycles. The van der Waals surface area contributed by atoms with Crippen molar-refractivity contribution in [2.24, 2.45) is 5.92 Å². The first-order valence-corrected chi connectivity index (χ1v) is 6.42. The highest BCUT2D eigenvalue weighted by Gasteiger charge is 2.30. The topological polar surface area (TPSA) is 32.3 Å². The molecule has 2 rings (SSSR count). The van der Waals surface area contributed by atoms with Gasteiger partial charge in [0.2, 0.25) is 0 Å². The average molecular weight is 233 g/mol. The standard InChI is InChI=1S/C15H23NO/c1-10-5-6-12-8-11(2)14(13(12)7-10)16-9-15(3,4)17/h5-7,11,14,16-17H,8-9H2,1-4H3. The van der Waals surface area contributed by atoms with Gasteiger partial charge in [-0.05, 0) is 44.2 Å². The smallest absolute Gasteiger partial charge is 0.0715 e. The van der Waals surface area contributed by atoms with E-state index in [1.54, 1.807) is 0 Å². The summed E-state index contributed by atoms with van der Waals surface area (Å²) in [5.41, 5.74) is 3.54. The third kappa shape index (κ3) is 2.88. The van der Waals surface area contributed by atoms with Crippen LogP contribution in [0, 0.1) is 12.8 Å². The molecule has 1 aromatic rings. The highest BCUT2D eigenvalue weighted by molar-refractivity contribution is 5.38. The third-order valence-corrected chi connectivity index (χ3v) is 3.50. The van der Waals surface area contributed by atoms with Crippen molar-refractivity contribution in [1.82, 2.24) is 5.32 Å². The van der Waals surface area contributed by atoms with E-state index in [1.807, 2.05) is 13.8 Å². The SMILES string of the molecule is Cc1ccc2c(c1)C(NCC(C)(C)O)C(C)C2. The number of nitrogens with one attached hydrogen (secondary N) is 1. The lowest BCUT2D eigenvalue weighted by Crippen LogP contribution is -2.37. The Balaban J connectivity index is 2.16. The van der Waals surface area contributed by atoms with Crippen LogP contribution in [-0.2, 0) is 6.42 Å². The maximum absolute atomic E-state index is 9.80. The van der Waals surface area contributed by atoms with Crippen molar-refractivity contribution >= 4 is 0 Å². The van der Waals surface area contributed by atoms with E-state index < -0.39 is 5.60 Å². The van der Waals surface area contributed by atoms with Crippen molar-refractivity contribution in [2.45, 2.75) is 45.8 Å². The van der Waals surface area contributed by atoms with Gasteiger partial charge in [-0.1, -0.05) is 30.7 Å². The second-order valence-electron chi connectivity index (χ2n) is 6.05. The van der Waals surface area contributed by atoms with Crippen molar-refractivity contribution in [3.05, 3.63) is 34.9 Å². The van der Waals surface area contributed by atoms with Crippen molar-refractivity contribution in [3.63, 3.8) is 0 Å². The van der Waals surface area contributed by atoms with Gasteiger partial charge < -0.3 is 10.4 Å². The predicted molar refractivity (Wildman–Crippen MR) is 71.1 cm³/mol. The summed E-state index contributed by atoms with van der Waals surface area (Å²) in [6, 6.07) is 7.09. The summed E-state index contributed by atoms with van der Waals surface area (Å²) in [5, 5.41) is 13.3. The van der Waals surface area contributed by atoms with E-state index in [2.05, 4.69) is 37.4 Å². The molecule has 0 bridgehead atoms. The van der Waals surface area contributed by atoms with Crippen LogP contribution >= 0.6 is 0 Å². The average Bonchev–Trinajstić information content (AvgIpc) is 2.49. The first-order chi connectivity index (χ1) is 7.87. The normalized spacial score (nSPS) is 23.8. The van der Waals surface area contributed by atoms with Crippen LogP contribution in [0.2, 0.25) is 0 Å². The lowest BCUT2D eigenvalue weighted by atomic mass is 10.0. The van der Waals surface area contributed by atoms with Crippen LogP contribution < -0.4 is 5.32 Å². The van der Waals surface area contributed by atoms with E-state index in [4.69, 9.17) is 0 Å². The Labute approximate surface area is 104 Å². The summed E-state index contributed by atoms with van der Waals surface area (Å²) >= 11 is 0. The van der Waals surface area contributed by atoms with Crippen molar-refractivity contribution in [1.29, 1.82) is 0 Å². The van der Waals surface area contributed by atoms with Crippen molar-refractivity contribution < 1.29 is 5.11 Å². The van der Waals surface area contributed by atoms with Crippen molar-refractivity contribution in [2.75, 3.05) is 6.54 Å². The van der Waals surface area contributed by atoms with E-state index in [0.717, 1.165) is 6.42 Å². The van der Waals surface area contributed by atoms with Crippen LogP contribution in [0.25, 0.3) is 0 Å². The Morgan fingerprint density at radius 3 is 2.76 bits per heavy atom. The van der Waals surface area contributed by atoms with Crippen molar-refractivity contribution in [3.8, 4) is 0 Å². The molecule has 1 aliphatic carbocycles. The fraction of sp³-hybridized carbons (Fsp3) is 0.600. The van der Waals surface area contributed by atoms with Crippen LogP contribution in [0.3, 0.4) is 0 Å². The molecule has 0 saturated carbocycles. The zero-order valence-corrected chi connectivity index (χ0v) is 11.2. The Morgan fingerprint density at radius 1 is 1.41 bits per heavy atom. The molecule has 2 unspecified atom stereocenters. The quantitative estimate of drug-likeness (QED) is 0.841. The number of benzene rings is 1. The van der Waals surface area contributed by atoms with Gasteiger partial charge in [-0.2, -0.15) is 0 Å². The van der Waals surface area contributed by atoms with Crippen LogP contribution in [-0.4, -0.2) is 17.3 Å². The van der Waals surface area contributed by atoms with Gasteiger partial charge >= 0.3 is 0 Å². The summed E-state index contributed by atoms with van der Waals surface area (Å²) in [6.45, 7) is 8.73. The summed E-state index contributed by atoms with van der Waals surface area (Å²) in [4.78, 5) is 0. The van der Waals surface area contributed by atoms with Crippen LogP contribution in [0.5, 0.6) is 0 Å². The van der Waals surface area contributed by atoms with Gasteiger partial charge in [0.25, 0.3) is 0 Å². The number of fused-ring (bicyclic) bond motifs is 1. The third-order valence-electron chi connectivity index (χ3n) is 3.50. The Bertz CT molecular complexity index is 406. The lowest BCUT2D eigenvalue weighted by Gasteiger charge is -2.24. The summed E-state index contributed by atoms with van der Waals surface area (Å²) in [5.74, 6) is 0.606. The fourth-order valence-corrected chi connectivity index (χ4v) is 2.63. The largest absolute Gasteiger partial charge is 0.389 e. The van der Waals surface area contributed by atoms with Crippen LogP contribution in [0.4, 0.5) is 0 Å².